The number of anilines is 1. The van der Waals surface area contributed by atoms with E-state index >= 15 is 0 Å². The lowest BCUT2D eigenvalue weighted by Gasteiger charge is -2.03. The average molecular weight is 398 g/mol. The predicted molar refractivity (Wildman–Crippen MR) is 94.6 cm³/mol. The lowest BCUT2D eigenvalue weighted by molar-refractivity contribution is -0.143. The second-order valence-electron chi connectivity index (χ2n) is 4.71. The van der Waals surface area contributed by atoms with Crippen LogP contribution in [0.2, 0.25) is 0 Å². The predicted octanol–water partition coefficient (Wildman–Crippen LogP) is 1.70. The molecule has 26 heavy (non-hydrogen) atoms. The molecule has 138 valence electrons. The summed E-state index contributed by atoms with van der Waals surface area (Å²) in [5.74, 6) is -1.86. The van der Waals surface area contributed by atoms with Gasteiger partial charge in [-0.1, -0.05) is 29.2 Å². The third-order valence-corrected chi connectivity index (χ3v) is 4.75. The Morgan fingerprint density at radius 2 is 2.12 bits per heavy atom. The molecule has 0 radical (unpaired) electrons. The van der Waals surface area contributed by atoms with Crippen molar-refractivity contribution < 1.29 is 23.5 Å². The van der Waals surface area contributed by atoms with E-state index in [-0.39, 0.29) is 35.5 Å². The van der Waals surface area contributed by atoms with Crippen molar-refractivity contribution in [1.29, 1.82) is 0 Å². The lowest BCUT2D eigenvalue weighted by atomic mass is 10.2. The van der Waals surface area contributed by atoms with Gasteiger partial charge < -0.3 is 10.1 Å². The minimum Gasteiger partial charge on any atom is -0.465 e. The number of ether oxygens (including phenoxy) is 1. The van der Waals surface area contributed by atoms with Gasteiger partial charge in [0.15, 0.2) is 4.34 Å². The van der Waals surface area contributed by atoms with Crippen LogP contribution in [0, 0.1) is 5.82 Å². The molecule has 2 aromatic rings. The van der Waals surface area contributed by atoms with Gasteiger partial charge in [0.05, 0.1) is 12.4 Å². The van der Waals surface area contributed by atoms with E-state index < -0.39 is 17.7 Å². The molecule has 0 aliphatic carbocycles. The van der Waals surface area contributed by atoms with E-state index in [1.165, 1.54) is 18.2 Å². The molecule has 0 saturated carbocycles. The van der Waals surface area contributed by atoms with Crippen molar-refractivity contribution in [1.82, 2.24) is 15.5 Å². The summed E-state index contributed by atoms with van der Waals surface area (Å²) in [4.78, 5) is 34.8. The molecule has 0 saturated heterocycles. The number of amides is 2. The fraction of sp³-hybridized carbons (Fsp3) is 0.267. The molecule has 0 spiro atoms. The van der Waals surface area contributed by atoms with E-state index in [1.807, 2.05) is 0 Å². The largest absolute Gasteiger partial charge is 0.465 e. The van der Waals surface area contributed by atoms with Crippen LogP contribution in [0.5, 0.6) is 0 Å². The number of carbonyl (C=O) groups is 3. The first-order chi connectivity index (χ1) is 12.5. The number of hydrogen-bond acceptors (Lipinski definition) is 8. The van der Waals surface area contributed by atoms with Crippen molar-refractivity contribution in [2.24, 2.45) is 0 Å². The second-order valence-corrected chi connectivity index (χ2v) is 6.91. The number of carbonyl (C=O) groups excluding carboxylic acids is 3. The zero-order valence-corrected chi connectivity index (χ0v) is 15.3. The number of nitrogens with zero attached hydrogens (tertiary/aromatic N) is 2. The number of rotatable bonds is 8. The molecule has 2 rings (SSSR count). The summed E-state index contributed by atoms with van der Waals surface area (Å²) in [6.07, 6.45) is 0. The number of halogens is 1. The lowest BCUT2D eigenvalue weighted by Crippen LogP contribution is -2.31. The van der Waals surface area contributed by atoms with Crippen molar-refractivity contribution in [2.45, 2.75) is 11.3 Å². The van der Waals surface area contributed by atoms with Crippen LogP contribution >= 0.6 is 23.1 Å². The van der Waals surface area contributed by atoms with Gasteiger partial charge in [-0.05, 0) is 25.1 Å². The second kappa shape index (κ2) is 9.82. The number of aromatic nitrogens is 2. The van der Waals surface area contributed by atoms with Gasteiger partial charge in [0.25, 0.3) is 5.91 Å². The Kier molecular flexibility index (Phi) is 7.48. The van der Waals surface area contributed by atoms with Gasteiger partial charge in [-0.2, -0.15) is 0 Å². The van der Waals surface area contributed by atoms with Gasteiger partial charge in [-0.3, -0.25) is 19.7 Å². The van der Waals surface area contributed by atoms with Crippen LogP contribution in [0.15, 0.2) is 28.6 Å². The van der Waals surface area contributed by atoms with Gasteiger partial charge in [-0.25, -0.2) is 4.39 Å². The first-order valence-electron chi connectivity index (χ1n) is 7.43. The maximum atomic E-state index is 13.1. The number of thioether (sulfide) groups is 1. The smallest absolute Gasteiger partial charge is 0.325 e. The zero-order chi connectivity index (χ0) is 18.9. The van der Waals surface area contributed by atoms with Crippen LogP contribution in [-0.2, 0) is 14.3 Å². The van der Waals surface area contributed by atoms with E-state index in [0.717, 1.165) is 29.2 Å². The van der Waals surface area contributed by atoms with Gasteiger partial charge >= 0.3 is 5.97 Å². The van der Waals surface area contributed by atoms with E-state index in [9.17, 15) is 18.8 Å². The normalized spacial score (nSPS) is 10.2. The van der Waals surface area contributed by atoms with E-state index in [0.29, 0.717) is 4.34 Å². The van der Waals surface area contributed by atoms with Crippen molar-refractivity contribution >= 4 is 46.0 Å². The summed E-state index contributed by atoms with van der Waals surface area (Å²) in [5, 5.41) is 12.8. The molecule has 11 heteroatoms. The first kappa shape index (κ1) is 19.8. The fourth-order valence-electron chi connectivity index (χ4n) is 1.68. The minimum atomic E-state index is -0.514. The zero-order valence-electron chi connectivity index (χ0n) is 13.7. The molecule has 0 bridgehead atoms. The molecule has 1 aromatic heterocycles. The fourth-order valence-corrected chi connectivity index (χ4v) is 3.26. The number of nitrogens with one attached hydrogen (secondary N) is 2. The molecular weight excluding hydrogens is 383 g/mol. The Morgan fingerprint density at radius 1 is 1.31 bits per heavy atom. The highest BCUT2D eigenvalue weighted by Crippen LogP contribution is 2.25. The van der Waals surface area contributed by atoms with Crippen molar-refractivity contribution in [3.63, 3.8) is 0 Å². The van der Waals surface area contributed by atoms with Gasteiger partial charge in [0.2, 0.25) is 11.0 Å². The van der Waals surface area contributed by atoms with Crippen LogP contribution < -0.4 is 10.6 Å². The molecule has 1 aromatic carbocycles. The van der Waals surface area contributed by atoms with Crippen LogP contribution in [0.3, 0.4) is 0 Å². The third kappa shape index (κ3) is 6.41. The maximum Gasteiger partial charge on any atom is 0.325 e. The summed E-state index contributed by atoms with van der Waals surface area (Å²) in [7, 11) is 0. The number of benzene rings is 1. The Labute approximate surface area is 156 Å². The first-order valence-corrected chi connectivity index (χ1v) is 9.23. The molecule has 0 atom stereocenters. The van der Waals surface area contributed by atoms with Crippen LogP contribution in [0.25, 0.3) is 0 Å². The van der Waals surface area contributed by atoms with E-state index in [1.54, 1.807) is 6.92 Å². The molecular formula is C15H15FN4O4S2. The highest BCUT2D eigenvalue weighted by atomic mass is 32.2. The Balaban J connectivity index is 1.79. The van der Waals surface area contributed by atoms with Crippen molar-refractivity contribution in [3.05, 3.63) is 35.6 Å². The highest BCUT2D eigenvalue weighted by molar-refractivity contribution is 8.01. The highest BCUT2D eigenvalue weighted by Gasteiger charge is 2.13. The molecule has 2 amide bonds. The summed E-state index contributed by atoms with van der Waals surface area (Å²) in [6, 6.07) is 5.26. The molecule has 8 nitrogen and oxygen atoms in total. The standard InChI is InChI=1S/C15H15FN4O4S2/c1-2-24-12(22)7-17-11(21)8-25-15-20-19-14(26-15)18-13(23)9-4-3-5-10(16)6-9/h3-6H,2,7-8H2,1H3,(H,17,21)(H,18,19,23). The van der Waals surface area contributed by atoms with Gasteiger partial charge in [0.1, 0.15) is 12.4 Å². The average Bonchev–Trinajstić information content (AvgIpc) is 3.06. The molecule has 1 heterocycles. The molecule has 0 fully saturated rings. The van der Waals surface area contributed by atoms with Crippen molar-refractivity contribution in [2.75, 3.05) is 24.2 Å². The van der Waals surface area contributed by atoms with E-state index in [4.69, 9.17) is 4.74 Å². The molecule has 0 unspecified atom stereocenters. The third-order valence-electron chi connectivity index (χ3n) is 2.78. The van der Waals surface area contributed by atoms with Crippen LogP contribution in [0.4, 0.5) is 9.52 Å². The monoisotopic (exact) mass is 398 g/mol. The van der Waals surface area contributed by atoms with Crippen LogP contribution in [-0.4, -0.2) is 46.9 Å². The molecule has 2 N–H and O–H groups in total. The number of hydrogen-bond donors (Lipinski definition) is 2. The SMILES string of the molecule is CCOC(=O)CNC(=O)CSc1nnc(NC(=O)c2cccc(F)c2)s1. The van der Waals surface area contributed by atoms with E-state index in [2.05, 4.69) is 20.8 Å². The molecule has 0 aliphatic heterocycles. The summed E-state index contributed by atoms with van der Waals surface area (Å²) < 4.78 is 18.3. The Morgan fingerprint density at radius 3 is 2.85 bits per heavy atom. The Hall–Kier alpha value is -2.53. The quantitative estimate of drug-likeness (QED) is 0.396. The maximum absolute atomic E-state index is 13.1. The molecule has 0 aliphatic rings. The Bertz CT molecular complexity index is 799. The minimum absolute atomic E-state index is 0.0336. The number of esters is 1. The van der Waals surface area contributed by atoms with Gasteiger partial charge in [-0.15, -0.1) is 10.2 Å². The summed E-state index contributed by atoms with van der Waals surface area (Å²) in [5.41, 5.74) is 0.160. The van der Waals surface area contributed by atoms with Crippen LogP contribution in [0.1, 0.15) is 17.3 Å². The summed E-state index contributed by atoms with van der Waals surface area (Å²) in [6.45, 7) is 1.73. The summed E-state index contributed by atoms with van der Waals surface area (Å²) >= 11 is 2.19. The topological polar surface area (TPSA) is 110 Å². The van der Waals surface area contributed by atoms with Gasteiger partial charge in [0, 0.05) is 5.56 Å². The van der Waals surface area contributed by atoms with Crippen molar-refractivity contribution in [3.8, 4) is 0 Å².